The number of phenolic OH excluding ortho intramolecular Hbond substituents is 1. The lowest BCUT2D eigenvalue weighted by Crippen LogP contribution is -2.17. The number of fused-ring (bicyclic) bond motifs is 1. The second-order valence-electron chi connectivity index (χ2n) is 5.32. The first-order valence-corrected chi connectivity index (χ1v) is 7.94. The highest BCUT2D eigenvalue weighted by atomic mass is 32.2. The molecule has 0 spiro atoms. The molecule has 3 heteroatoms. The van der Waals surface area contributed by atoms with Crippen LogP contribution in [-0.4, -0.2) is 12.2 Å². The topological polar surface area (TPSA) is 23.5 Å². The third kappa shape index (κ3) is 2.42. The molecule has 0 bridgehead atoms. The van der Waals surface area contributed by atoms with E-state index >= 15 is 0 Å². The van der Waals surface area contributed by atoms with E-state index in [1.165, 1.54) is 10.6 Å². The zero-order valence-electron chi connectivity index (χ0n) is 12.5. The summed E-state index contributed by atoms with van der Waals surface area (Å²) in [4.78, 5) is 3.49. The van der Waals surface area contributed by atoms with Gasteiger partial charge in [0.2, 0.25) is 0 Å². The number of nitrogens with zero attached hydrogens (tertiary/aromatic N) is 1. The number of thioether (sulfide) groups is 1. The minimum absolute atomic E-state index is 0.118. The molecule has 0 aliphatic carbocycles. The van der Waals surface area contributed by atoms with Crippen LogP contribution in [-0.2, 0) is 0 Å². The molecule has 0 radical (unpaired) electrons. The molecule has 2 aromatic carbocycles. The van der Waals surface area contributed by atoms with Crippen molar-refractivity contribution in [3.05, 3.63) is 59.2 Å². The molecule has 2 aromatic rings. The highest BCUT2D eigenvalue weighted by molar-refractivity contribution is 8.00. The van der Waals surface area contributed by atoms with Crippen molar-refractivity contribution in [1.82, 2.24) is 0 Å². The fraction of sp³-hybridized carbons (Fsp3) is 0.222. The van der Waals surface area contributed by atoms with Gasteiger partial charge in [-0.05, 0) is 49.2 Å². The second kappa shape index (κ2) is 5.49. The summed E-state index contributed by atoms with van der Waals surface area (Å²) in [6.45, 7) is 4.04. The van der Waals surface area contributed by atoms with E-state index in [4.69, 9.17) is 0 Å². The monoisotopic (exact) mass is 297 g/mol. The van der Waals surface area contributed by atoms with Gasteiger partial charge in [-0.2, -0.15) is 0 Å². The highest BCUT2D eigenvalue weighted by Gasteiger charge is 2.30. The maximum absolute atomic E-state index is 10.4. The predicted molar refractivity (Wildman–Crippen MR) is 91.0 cm³/mol. The smallest absolute Gasteiger partial charge is 0.122 e. The Morgan fingerprint density at radius 1 is 1.24 bits per heavy atom. The van der Waals surface area contributed by atoms with Gasteiger partial charge >= 0.3 is 0 Å². The van der Waals surface area contributed by atoms with Gasteiger partial charge in [-0.3, -0.25) is 0 Å². The molecule has 1 N–H and O–H groups in total. The molecule has 1 aliphatic heterocycles. The van der Waals surface area contributed by atoms with Crippen LogP contribution in [0, 0.1) is 6.92 Å². The van der Waals surface area contributed by atoms with Crippen molar-refractivity contribution >= 4 is 23.5 Å². The van der Waals surface area contributed by atoms with E-state index in [-0.39, 0.29) is 5.37 Å². The lowest BCUT2D eigenvalue weighted by atomic mass is 10.0. The van der Waals surface area contributed by atoms with E-state index in [1.54, 1.807) is 11.8 Å². The van der Waals surface area contributed by atoms with E-state index in [0.717, 1.165) is 16.7 Å². The van der Waals surface area contributed by atoms with Crippen LogP contribution in [0.15, 0.2) is 47.4 Å². The van der Waals surface area contributed by atoms with Gasteiger partial charge in [-0.15, -0.1) is 0 Å². The van der Waals surface area contributed by atoms with E-state index in [1.807, 2.05) is 26.0 Å². The Kier molecular flexibility index (Phi) is 3.68. The van der Waals surface area contributed by atoms with E-state index in [9.17, 15) is 5.11 Å². The van der Waals surface area contributed by atoms with Crippen LogP contribution in [0.3, 0.4) is 0 Å². The molecule has 2 nitrogen and oxygen atoms in total. The fourth-order valence-corrected chi connectivity index (χ4v) is 4.05. The Hall–Kier alpha value is -1.87. The minimum Gasteiger partial charge on any atom is -0.508 e. The zero-order valence-corrected chi connectivity index (χ0v) is 13.3. The molecule has 0 saturated heterocycles. The first-order chi connectivity index (χ1) is 10.1. The van der Waals surface area contributed by atoms with E-state index in [2.05, 4.69) is 48.4 Å². The fourth-order valence-electron chi connectivity index (χ4n) is 2.73. The molecule has 0 fully saturated rings. The van der Waals surface area contributed by atoms with Gasteiger partial charge in [-0.25, -0.2) is 0 Å². The summed E-state index contributed by atoms with van der Waals surface area (Å²) in [7, 11) is 2.08. The normalized spacial score (nSPS) is 17.5. The van der Waals surface area contributed by atoms with E-state index < -0.39 is 0 Å². The number of phenols is 1. The van der Waals surface area contributed by atoms with E-state index in [0.29, 0.717) is 5.75 Å². The number of hydrogen-bond donors (Lipinski definition) is 1. The van der Waals surface area contributed by atoms with Crippen LogP contribution in [0.1, 0.15) is 29.0 Å². The summed E-state index contributed by atoms with van der Waals surface area (Å²) < 4.78 is 0. The standard InChI is InChI=1S/C18H19NOS/c1-4-7-13-11-14(16(20)10-12(13)2)18-19(3)15-8-5-6-9-17(15)21-18/h4-11,18,20H,1-3H3/b7-4-. The number of anilines is 1. The number of rotatable bonds is 2. The summed E-state index contributed by atoms with van der Waals surface area (Å²) in [5.41, 5.74) is 4.45. The second-order valence-corrected chi connectivity index (χ2v) is 6.44. The Labute approximate surface area is 130 Å². The summed E-state index contributed by atoms with van der Waals surface area (Å²) in [5.74, 6) is 0.373. The van der Waals surface area contributed by atoms with Crippen molar-refractivity contribution in [3.63, 3.8) is 0 Å². The Morgan fingerprint density at radius 2 is 2.00 bits per heavy atom. The molecule has 1 atom stereocenters. The maximum atomic E-state index is 10.4. The van der Waals surface area contributed by atoms with Crippen LogP contribution in [0.25, 0.3) is 6.08 Å². The Balaban J connectivity index is 2.04. The molecule has 21 heavy (non-hydrogen) atoms. The molecule has 0 amide bonds. The van der Waals surface area contributed by atoms with Crippen LogP contribution in [0.4, 0.5) is 5.69 Å². The number of allylic oxidation sites excluding steroid dienone is 1. The summed E-state index contributed by atoms with van der Waals surface area (Å²) in [5, 5.41) is 10.5. The molecule has 1 unspecified atom stereocenters. The third-order valence-electron chi connectivity index (χ3n) is 3.86. The van der Waals surface area contributed by atoms with Gasteiger partial charge in [0.15, 0.2) is 0 Å². The summed E-state index contributed by atoms with van der Waals surface area (Å²) >= 11 is 1.79. The largest absolute Gasteiger partial charge is 0.508 e. The highest BCUT2D eigenvalue weighted by Crippen LogP contribution is 2.52. The molecule has 1 heterocycles. The molecular formula is C18H19NOS. The Bertz CT molecular complexity index is 708. The average Bonchev–Trinajstić information content (AvgIpc) is 2.80. The van der Waals surface area contributed by atoms with Crippen molar-refractivity contribution in [2.24, 2.45) is 0 Å². The van der Waals surface area contributed by atoms with Crippen molar-refractivity contribution in [1.29, 1.82) is 0 Å². The van der Waals surface area contributed by atoms with Crippen molar-refractivity contribution in [3.8, 4) is 5.75 Å². The summed E-state index contributed by atoms with van der Waals surface area (Å²) in [6.07, 6.45) is 4.12. The van der Waals surface area contributed by atoms with Gasteiger partial charge in [0.25, 0.3) is 0 Å². The van der Waals surface area contributed by atoms with Gasteiger partial charge in [0, 0.05) is 17.5 Å². The zero-order chi connectivity index (χ0) is 15.0. The van der Waals surface area contributed by atoms with Crippen LogP contribution < -0.4 is 4.90 Å². The summed E-state index contributed by atoms with van der Waals surface area (Å²) in [6, 6.07) is 12.3. The molecule has 0 aromatic heterocycles. The van der Waals surface area contributed by atoms with Gasteiger partial charge < -0.3 is 10.0 Å². The predicted octanol–water partition coefficient (Wildman–Crippen LogP) is 4.97. The van der Waals surface area contributed by atoms with Crippen LogP contribution in [0.5, 0.6) is 5.75 Å². The van der Waals surface area contributed by atoms with Crippen molar-refractivity contribution in [2.75, 3.05) is 11.9 Å². The number of hydrogen-bond acceptors (Lipinski definition) is 3. The molecule has 0 saturated carbocycles. The average molecular weight is 297 g/mol. The van der Waals surface area contributed by atoms with Crippen molar-refractivity contribution < 1.29 is 5.11 Å². The Morgan fingerprint density at radius 3 is 2.71 bits per heavy atom. The van der Waals surface area contributed by atoms with Gasteiger partial charge in [-0.1, -0.05) is 36.0 Å². The van der Waals surface area contributed by atoms with Gasteiger partial charge in [0.1, 0.15) is 11.1 Å². The molecule has 108 valence electrons. The lowest BCUT2D eigenvalue weighted by molar-refractivity contribution is 0.467. The molecule has 1 aliphatic rings. The minimum atomic E-state index is 0.118. The number of benzene rings is 2. The number of aryl methyl sites for hydroxylation is 1. The number of para-hydroxylation sites is 1. The van der Waals surface area contributed by atoms with Crippen molar-refractivity contribution in [2.45, 2.75) is 24.1 Å². The quantitative estimate of drug-likeness (QED) is 0.846. The SMILES string of the molecule is C/C=C\c1cc(C2Sc3ccccc3N2C)c(O)cc1C. The first-order valence-electron chi connectivity index (χ1n) is 7.06. The van der Waals surface area contributed by atoms with Gasteiger partial charge in [0.05, 0.1) is 5.69 Å². The third-order valence-corrected chi connectivity index (χ3v) is 5.26. The molecular weight excluding hydrogens is 278 g/mol. The molecule has 3 rings (SSSR count). The number of aromatic hydroxyl groups is 1. The first kappa shape index (κ1) is 14.1. The van der Waals surface area contributed by atoms with Crippen LogP contribution >= 0.6 is 11.8 Å². The van der Waals surface area contributed by atoms with Crippen LogP contribution in [0.2, 0.25) is 0 Å². The lowest BCUT2D eigenvalue weighted by Gasteiger charge is -2.23. The maximum Gasteiger partial charge on any atom is 0.122 e.